The molecule has 0 spiro atoms. The summed E-state index contributed by atoms with van der Waals surface area (Å²) in [6.45, 7) is 2.98. The predicted octanol–water partition coefficient (Wildman–Crippen LogP) is 1.91. The van der Waals surface area contributed by atoms with Crippen molar-refractivity contribution in [1.82, 2.24) is 0 Å². The summed E-state index contributed by atoms with van der Waals surface area (Å²) < 4.78 is 2.20. The van der Waals surface area contributed by atoms with Crippen molar-refractivity contribution >= 4 is 5.69 Å². The monoisotopic (exact) mass is 199 g/mol. The van der Waals surface area contributed by atoms with Crippen molar-refractivity contribution in [2.24, 2.45) is 0 Å². The molecule has 2 rings (SSSR count). The van der Waals surface area contributed by atoms with Gasteiger partial charge < -0.3 is 5.73 Å². The van der Waals surface area contributed by atoms with Gasteiger partial charge in [0.25, 0.3) is 0 Å². The molecular formula is C13H15N2+. The molecule has 2 aromatic rings. The van der Waals surface area contributed by atoms with Gasteiger partial charge in [0.2, 0.25) is 0 Å². The van der Waals surface area contributed by atoms with Crippen LogP contribution in [0.15, 0.2) is 48.7 Å². The molecule has 1 heterocycles. The molecule has 0 aliphatic heterocycles. The molecule has 0 atom stereocenters. The van der Waals surface area contributed by atoms with Crippen molar-refractivity contribution in [2.75, 3.05) is 5.73 Å². The Hall–Kier alpha value is -1.83. The van der Waals surface area contributed by atoms with Crippen LogP contribution in [0.2, 0.25) is 0 Å². The second-order valence-corrected chi connectivity index (χ2v) is 3.71. The first kappa shape index (κ1) is 9.71. The van der Waals surface area contributed by atoms with Gasteiger partial charge in [0.1, 0.15) is 0 Å². The Morgan fingerprint density at radius 3 is 2.73 bits per heavy atom. The fourth-order valence-corrected chi connectivity index (χ4v) is 1.63. The number of rotatable bonds is 2. The van der Waals surface area contributed by atoms with E-state index in [1.807, 2.05) is 30.3 Å². The van der Waals surface area contributed by atoms with Crippen molar-refractivity contribution in [2.45, 2.75) is 13.5 Å². The fraction of sp³-hybridized carbons (Fsp3) is 0.154. The number of benzene rings is 1. The molecule has 0 saturated heterocycles. The largest absolute Gasteiger partial charge is 0.399 e. The summed E-state index contributed by atoms with van der Waals surface area (Å²) in [5, 5.41) is 0. The average Bonchev–Trinajstić information content (AvgIpc) is 2.22. The molecule has 1 aromatic carbocycles. The van der Waals surface area contributed by atoms with E-state index in [1.54, 1.807) is 0 Å². The number of nitrogens with two attached hydrogens (primary N) is 1. The number of aromatic nitrogens is 1. The zero-order chi connectivity index (χ0) is 10.7. The van der Waals surface area contributed by atoms with Gasteiger partial charge in [-0.2, -0.15) is 4.57 Å². The van der Waals surface area contributed by atoms with Gasteiger partial charge in [-0.1, -0.05) is 18.2 Å². The van der Waals surface area contributed by atoms with Crippen molar-refractivity contribution in [3.63, 3.8) is 0 Å². The van der Waals surface area contributed by atoms with Gasteiger partial charge in [-0.25, -0.2) is 0 Å². The summed E-state index contributed by atoms with van der Waals surface area (Å²) in [6.07, 6.45) is 2.08. The number of nitrogens with zero attached hydrogens (tertiary/aromatic N) is 1. The van der Waals surface area contributed by atoms with Crippen LogP contribution in [0.1, 0.15) is 11.3 Å². The lowest BCUT2D eigenvalue weighted by Gasteiger charge is -2.01. The van der Waals surface area contributed by atoms with E-state index in [4.69, 9.17) is 5.73 Å². The Bertz CT molecular complexity index is 464. The molecule has 0 radical (unpaired) electrons. The molecule has 0 aliphatic carbocycles. The topological polar surface area (TPSA) is 29.9 Å². The fourth-order valence-electron chi connectivity index (χ4n) is 1.63. The van der Waals surface area contributed by atoms with Crippen LogP contribution >= 0.6 is 0 Å². The number of pyridine rings is 1. The minimum atomic E-state index is 0.821. The zero-order valence-corrected chi connectivity index (χ0v) is 8.85. The summed E-state index contributed by atoms with van der Waals surface area (Å²) in [5.74, 6) is 0. The zero-order valence-electron chi connectivity index (χ0n) is 8.85. The number of nitrogen functional groups attached to an aromatic ring is 1. The van der Waals surface area contributed by atoms with Crippen LogP contribution in [-0.4, -0.2) is 0 Å². The standard InChI is InChI=1S/C13H15N2/c1-11-5-2-3-8-15(11)10-12-6-4-7-13(14)9-12/h2-9H,10,14H2,1H3/q+1. The summed E-state index contributed by atoms with van der Waals surface area (Å²) in [6, 6.07) is 14.2. The Balaban J connectivity index is 2.26. The van der Waals surface area contributed by atoms with Crippen LogP contribution in [0.4, 0.5) is 5.69 Å². The first-order chi connectivity index (χ1) is 7.25. The molecule has 0 saturated carbocycles. The van der Waals surface area contributed by atoms with Crippen LogP contribution in [0.25, 0.3) is 0 Å². The maximum Gasteiger partial charge on any atom is 0.178 e. The second-order valence-electron chi connectivity index (χ2n) is 3.71. The molecule has 0 fully saturated rings. The summed E-state index contributed by atoms with van der Waals surface area (Å²) in [4.78, 5) is 0. The molecular weight excluding hydrogens is 184 g/mol. The van der Waals surface area contributed by atoms with E-state index in [0.717, 1.165) is 12.2 Å². The molecule has 2 nitrogen and oxygen atoms in total. The molecule has 0 amide bonds. The van der Waals surface area contributed by atoms with Gasteiger partial charge in [-0.3, -0.25) is 0 Å². The maximum atomic E-state index is 5.74. The first-order valence-corrected chi connectivity index (χ1v) is 5.05. The molecule has 15 heavy (non-hydrogen) atoms. The third-order valence-electron chi connectivity index (χ3n) is 2.47. The van der Waals surface area contributed by atoms with Gasteiger partial charge in [0.05, 0.1) is 0 Å². The number of hydrogen-bond donors (Lipinski definition) is 1. The van der Waals surface area contributed by atoms with E-state index in [0.29, 0.717) is 0 Å². The number of anilines is 1. The number of hydrogen-bond acceptors (Lipinski definition) is 1. The van der Waals surface area contributed by atoms with E-state index in [1.165, 1.54) is 11.3 Å². The lowest BCUT2D eigenvalue weighted by Crippen LogP contribution is -2.36. The SMILES string of the molecule is Cc1cccc[n+]1Cc1cccc(N)c1. The lowest BCUT2D eigenvalue weighted by atomic mass is 10.2. The van der Waals surface area contributed by atoms with Crippen molar-refractivity contribution in [3.8, 4) is 0 Å². The van der Waals surface area contributed by atoms with E-state index in [9.17, 15) is 0 Å². The smallest absolute Gasteiger partial charge is 0.178 e. The Morgan fingerprint density at radius 1 is 1.13 bits per heavy atom. The third-order valence-corrected chi connectivity index (χ3v) is 2.47. The van der Waals surface area contributed by atoms with Crippen LogP contribution in [0.5, 0.6) is 0 Å². The van der Waals surface area contributed by atoms with Crippen molar-refractivity contribution < 1.29 is 4.57 Å². The van der Waals surface area contributed by atoms with E-state index in [2.05, 4.69) is 29.8 Å². The molecule has 2 heteroatoms. The average molecular weight is 199 g/mol. The van der Waals surface area contributed by atoms with Gasteiger partial charge in [-0.15, -0.1) is 0 Å². The van der Waals surface area contributed by atoms with E-state index < -0.39 is 0 Å². The summed E-state index contributed by atoms with van der Waals surface area (Å²) in [5.41, 5.74) is 9.04. The Morgan fingerprint density at radius 2 is 2.00 bits per heavy atom. The molecule has 0 bridgehead atoms. The van der Waals surface area contributed by atoms with Gasteiger partial charge in [0.15, 0.2) is 18.4 Å². The molecule has 76 valence electrons. The van der Waals surface area contributed by atoms with Crippen molar-refractivity contribution in [3.05, 3.63) is 59.9 Å². The minimum Gasteiger partial charge on any atom is -0.399 e. The van der Waals surface area contributed by atoms with Crippen LogP contribution in [0.3, 0.4) is 0 Å². The summed E-state index contributed by atoms with van der Waals surface area (Å²) >= 11 is 0. The Labute approximate surface area is 90.0 Å². The van der Waals surface area contributed by atoms with Crippen LogP contribution in [0, 0.1) is 6.92 Å². The predicted molar refractivity (Wildman–Crippen MR) is 61.3 cm³/mol. The minimum absolute atomic E-state index is 0.821. The highest BCUT2D eigenvalue weighted by molar-refractivity contribution is 5.40. The van der Waals surface area contributed by atoms with E-state index >= 15 is 0 Å². The second kappa shape index (κ2) is 4.13. The highest BCUT2D eigenvalue weighted by atomic mass is 14.9. The highest BCUT2D eigenvalue weighted by Gasteiger charge is 2.05. The highest BCUT2D eigenvalue weighted by Crippen LogP contribution is 2.06. The molecule has 0 unspecified atom stereocenters. The maximum absolute atomic E-state index is 5.74. The lowest BCUT2D eigenvalue weighted by molar-refractivity contribution is -0.694. The first-order valence-electron chi connectivity index (χ1n) is 5.05. The quantitative estimate of drug-likeness (QED) is 0.581. The Kier molecular flexibility index (Phi) is 2.68. The normalized spacial score (nSPS) is 10.2. The summed E-state index contributed by atoms with van der Waals surface area (Å²) in [7, 11) is 0. The van der Waals surface area contributed by atoms with Gasteiger partial charge in [0, 0.05) is 30.3 Å². The van der Waals surface area contributed by atoms with Crippen LogP contribution in [-0.2, 0) is 6.54 Å². The molecule has 2 N–H and O–H groups in total. The van der Waals surface area contributed by atoms with Gasteiger partial charge >= 0.3 is 0 Å². The third kappa shape index (κ3) is 2.34. The van der Waals surface area contributed by atoms with E-state index in [-0.39, 0.29) is 0 Å². The van der Waals surface area contributed by atoms with Crippen LogP contribution < -0.4 is 10.3 Å². The molecule has 0 aliphatic rings. The van der Waals surface area contributed by atoms with Crippen molar-refractivity contribution in [1.29, 1.82) is 0 Å². The molecule has 1 aromatic heterocycles. The number of aryl methyl sites for hydroxylation is 1. The van der Waals surface area contributed by atoms with Gasteiger partial charge in [-0.05, 0) is 12.1 Å².